The number of carbonyl (C=O) groups is 3. The number of likely N-dealkylation sites (tertiary alicyclic amines) is 1. The zero-order chi connectivity index (χ0) is 25.4. The molecule has 2 aliphatic rings. The molecule has 0 bridgehead atoms. The van der Waals surface area contributed by atoms with Gasteiger partial charge in [-0.05, 0) is 61.3 Å². The summed E-state index contributed by atoms with van der Waals surface area (Å²) in [6.07, 6.45) is 7.05. The van der Waals surface area contributed by atoms with Crippen molar-refractivity contribution in [1.82, 2.24) is 15.1 Å². The van der Waals surface area contributed by atoms with Crippen LogP contribution in [0.1, 0.15) is 84.1 Å². The SMILES string of the molecule is CCCC(=O)NC(=O)CC(=O)N(CCN1CC[C@](C)(c2cccc(O)c2)[C@@H](C)C1)C1CCCCC1. The van der Waals surface area contributed by atoms with E-state index in [2.05, 4.69) is 30.1 Å². The first-order valence-corrected chi connectivity index (χ1v) is 13.4. The normalized spacial score (nSPS) is 23.6. The Bertz CT molecular complexity index is 883. The van der Waals surface area contributed by atoms with Crippen LogP contribution < -0.4 is 5.32 Å². The average Bonchev–Trinajstić information content (AvgIpc) is 2.82. The number of piperidine rings is 1. The Labute approximate surface area is 210 Å². The number of nitrogens with zero attached hydrogens (tertiary/aromatic N) is 2. The molecule has 1 saturated heterocycles. The minimum absolute atomic E-state index is 0.00275. The third-order valence-corrected chi connectivity index (χ3v) is 8.13. The Morgan fingerprint density at radius 2 is 1.91 bits per heavy atom. The highest BCUT2D eigenvalue weighted by molar-refractivity contribution is 6.04. The standard InChI is InChI=1S/C28H43N3O4/c1-4-9-25(33)29-26(34)19-27(35)31(23-11-6-5-7-12-23)17-16-30-15-14-28(3,21(2)20-30)22-10-8-13-24(32)18-22/h8,10,13,18,21,23,32H,4-7,9,11-12,14-17,19-20H2,1-3H3,(H,29,33,34)/t21-,28-/m0/s1. The van der Waals surface area contributed by atoms with Crippen LogP contribution in [-0.2, 0) is 19.8 Å². The van der Waals surface area contributed by atoms with Gasteiger partial charge in [0.15, 0.2) is 0 Å². The van der Waals surface area contributed by atoms with Crippen molar-refractivity contribution in [2.45, 2.75) is 90.0 Å². The van der Waals surface area contributed by atoms with E-state index in [9.17, 15) is 19.5 Å². The van der Waals surface area contributed by atoms with Crippen molar-refractivity contribution in [3.8, 4) is 5.75 Å². The first kappa shape index (κ1) is 27.2. The van der Waals surface area contributed by atoms with Crippen LogP contribution in [0.25, 0.3) is 0 Å². The molecule has 1 saturated carbocycles. The summed E-state index contributed by atoms with van der Waals surface area (Å²) in [6, 6.07) is 7.78. The molecule has 1 heterocycles. The van der Waals surface area contributed by atoms with Gasteiger partial charge in [0, 0.05) is 32.1 Å². The minimum atomic E-state index is -0.497. The second-order valence-electron chi connectivity index (χ2n) is 10.7. The van der Waals surface area contributed by atoms with Crippen LogP contribution in [0, 0.1) is 5.92 Å². The molecule has 2 fully saturated rings. The molecule has 7 nitrogen and oxygen atoms in total. The molecule has 3 rings (SSSR count). The maximum Gasteiger partial charge on any atom is 0.235 e. The number of hydrogen-bond donors (Lipinski definition) is 2. The van der Waals surface area contributed by atoms with E-state index in [0.717, 1.165) is 51.7 Å². The van der Waals surface area contributed by atoms with Crippen LogP contribution in [0.3, 0.4) is 0 Å². The predicted octanol–water partition coefficient (Wildman–Crippen LogP) is 3.99. The van der Waals surface area contributed by atoms with E-state index < -0.39 is 5.91 Å². The fraction of sp³-hybridized carbons (Fsp3) is 0.679. The van der Waals surface area contributed by atoms with Crippen molar-refractivity contribution in [2.75, 3.05) is 26.2 Å². The molecule has 0 radical (unpaired) electrons. The maximum absolute atomic E-state index is 13.2. The van der Waals surface area contributed by atoms with E-state index in [1.165, 1.54) is 12.0 Å². The smallest absolute Gasteiger partial charge is 0.235 e. The lowest BCUT2D eigenvalue weighted by molar-refractivity contribution is -0.139. The number of nitrogens with one attached hydrogen (secondary N) is 1. The molecule has 1 aromatic rings. The van der Waals surface area contributed by atoms with Crippen molar-refractivity contribution in [3.63, 3.8) is 0 Å². The number of carbonyl (C=O) groups excluding carboxylic acids is 3. The Hall–Kier alpha value is -2.41. The number of aromatic hydroxyl groups is 1. The highest BCUT2D eigenvalue weighted by Crippen LogP contribution is 2.40. The third kappa shape index (κ3) is 7.29. The fourth-order valence-electron chi connectivity index (χ4n) is 5.69. The number of phenolic OH excluding ortho intramolecular Hbond substituents is 1. The molecule has 0 aromatic heterocycles. The van der Waals surface area contributed by atoms with Crippen molar-refractivity contribution in [1.29, 1.82) is 0 Å². The molecule has 1 aliphatic carbocycles. The number of rotatable bonds is 9. The van der Waals surface area contributed by atoms with Gasteiger partial charge in [-0.1, -0.05) is 52.2 Å². The summed E-state index contributed by atoms with van der Waals surface area (Å²) >= 11 is 0. The van der Waals surface area contributed by atoms with Gasteiger partial charge in [-0.3, -0.25) is 19.7 Å². The molecule has 1 aromatic carbocycles. The van der Waals surface area contributed by atoms with Gasteiger partial charge in [0.1, 0.15) is 12.2 Å². The topological polar surface area (TPSA) is 90.0 Å². The highest BCUT2D eigenvalue weighted by atomic mass is 16.3. The zero-order valence-corrected chi connectivity index (χ0v) is 21.7. The Morgan fingerprint density at radius 3 is 2.57 bits per heavy atom. The van der Waals surface area contributed by atoms with Crippen LogP contribution >= 0.6 is 0 Å². The lowest BCUT2D eigenvalue weighted by Crippen LogP contribution is -2.51. The van der Waals surface area contributed by atoms with Crippen molar-refractivity contribution >= 4 is 17.7 Å². The highest BCUT2D eigenvalue weighted by Gasteiger charge is 2.38. The molecule has 7 heteroatoms. The van der Waals surface area contributed by atoms with E-state index in [0.29, 0.717) is 31.1 Å². The van der Waals surface area contributed by atoms with Gasteiger partial charge < -0.3 is 14.9 Å². The molecule has 2 atom stereocenters. The average molecular weight is 486 g/mol. The number of benzene rings is 1. The second kappa shape index (κ2) is 12.5. The van der Waals surface area contributed by atoms with Gasteiger partial charge >= 0.3 is 0 Å². The van der Waals surface area contributed by atoms with Gasteiger partial charge in [-0.25, -0.2) is 0 Å². The monoisotopic (exact) mass is 485 g/mol. The van der Waals surface area contributed by atoms with Gasteiger partial charge in [0.2, 0.25) is 17.7 Å². The van der Waals surface area contributed by atoms with Crippen molar-refractivity contribution in [3.05, 3.63) is 29.8 Å². The number of imide groups is 1. The number of hydrogen-bond acceptors (Lipinski definition) is 5. The van der Waals surface area contributed by atoms with Gasteiger partial charge in [-0.15, -0.1) is 0 Å². The van der Waals surface area contributed by atoms with E-state index in [1.54, 1.807) is 6.07 Å². The van der Waals surface area contributed by atoms with Crippen molar-refractivity contribution in [2.24, 2.45) is 5.92 Å². The Balaban J connectivity index is 1.59. The zero-order valence-electron chi connectivity index (χ0n) is 21.7. The number of phenols is 1. The van der Waals surface area contributed by atoms with E-state index >= 15 is 0 Å². The lowest BCUT2D eigenvalue weighted by atomic mass is 9.68. The lowest BCUT2D eigenvalue weighted by Gasteiger charge is -2.46. The third-order valence-electron chi connectivity index (χ3n) is 8.13. The molecule has 2 N–H and O–H groups in total. The van der Waals surface area contributed by atoms with E-state index in [4.69, 9.17) is 0 Å². The first-order chi connectivity index (χ1) is 16.7. The van der Waals surface area contributed by atoms with Crippen LogP contribution in [0.5, 0.6) is 5.75 Å². The summed E-state index contributed by atoms with van der Waals surface area (Å²) in [5.74, 6) is -0.282. The van der Waals surface area contributed by atoms with Gasteiger partial charge in [0.25, 0.3) is 0 Å². The van der Waals surface area contributed by atoms with Crippen molar-refractivity contribution < 1.29 is 19.5 Å². The molecule has 1 aliphatic heterocycles. The largest absolute Gasteiger partial charge is 0.508 e. The maximum atomic E-state index is 13.2. The molecule has 0 unspecified atom stereocenters. The van der Waals surface area contributed by atoms with Gasteiger partial charge in [0.05, 0.1) is 0 Å². The Kier molecular flexibility index (Phi) is 9.72. The van der Waals surface area contributed by atoms with Crippen LogP contribution in [0.2, 0.25) is 0 Å². The molecule has 194 valence electrons. The minimum Gasteiger partial charge on any atom is -0.508 e. The quantitative estimate of drug-likeness (QED) is 0.516. The predicted molar refractivity (Wildman–Crippen MR) is 137 cm³/mol. The van der Waals surface area contributed by atoms with Crippen LogP contribution in [-0.4, -0.2) is 64.8 Å². The summed E-state index contributed by atoms with van der Waals surface area (Å²) < 4.78 is 0. The fourth-order valence-corrected chi connectivity index (χ4v) is 5.69. The van der Waals surface area contributed by atoms with Crippen LogP contribution in [0.4, 0.5) is 0 Å². The molecular weight excluding hydrogens is 442 g/mol. The molecular formula is C28H43N3O4. The molecule has 3 amide bonds. The number of amides is 3. The molecule has 0 spiro atoms. The first-order valence-electron chi connectivity index (χ1n) is 13.4. The molecule has 35 heavy (non-hydrogen) atoms. The summed E-state index contributed by atoms with van der Waals surface area (Å²) in [4.78, 5) is 41.6. The summed E-state index contributed by atoms with van der Waals surface area (Å²) in [5.41, 5.74) is 1.17. The van der Waals surface area contributed by atoms with Gasteiger partial charge in [-0.2, -0.15) is 0 Å². The second-order valence-corrected chi connectivity index (χ2v) is 10.7. The Morgan fingerprint density at radius 1 is 1.17 bits per heavy atom. The van der Waals surface area contributed by atoms with E-state index in [1.807, 2.05) is 24.0 Å². The van der Waals surface area contributed by atoms with Crippen LogP contribution in [0.15, 0.2) is 24.3 Å². The summed E-state index contributed by atoms with van der Waals surface area (Å²) in [6.45, 7) is 9.65. The summed E-state index contributed by atoms with van der Waals surface area (Å²) in [5, 5.41) is 12.3. The van der Waals surface area contributed by atoms with E-state index in [-0.39, 0.29) is 29.7 Å². The summed E-state index contributed by atoms with van der Waals surface area (Å²) in [7, 11) is 0.